The SMILES string of the molecule is CC(C)=CCCC(C)=CCCC(C)=CCCC(C)=CCCC(C)=CCCC(C)=CCCC(C)=CCCC(C)=CCC1=CC(=O)C=CC1=O. The van der Waals surface area contributed by atoms with Gasteiger partial charge in [0.2, 0.25) is 0 Å². The zero-order valence-corrected chi connectivity index (χ0v) is 32.3. The molecule has 0 radical (unpaired) electrons. The molecule has 0 saturated heterocycles. The number of hydrogen-bond acceptors (Lipinski definition) is 2. The number of rotatable bonds is 23. The van der Waals surface area contributed by atoms with E-state index in [2.05, 4.69) is 111 Å². The number of ketones is 2. The van der Waals surface area contributed by atoms with Gasteiger partial charge in [0.15, 0.2) is 11.6 Å². The van der Waals surface area contributed by atoms with Gasteiger partial charge in [-0.25, -0.2) is 0 Å². The molecule has 1 rings (SSSR count). The van der Waals surface area contributed by atoms with E-state index in [-0.39, 0.29) is 11.6 Å². The summed E-state index contributed by atoms with van der Waals surface area (Å²) in [4.78, 5) is 23.4. The van der Waals surface area contributed by atoms with Gasteiger partial charge in [0.05, 0.1) is 0 Å². The molecule has 0 saturated carbocycles. The van der Waals surface area contributed by atoms with E-state index < -0.39 is 0 Å². The predicted octanol–water partition coefficient (Wildman–Crippen LogP) is 14.1. The predicted molar refractivity (Wildman–Crippen MR) is 212 cm³/mol. The molecule has 48 heavy (non-hydrogen) atoms. The van der Waals surface area contributed by atoms with Crippen molar-refractivity contribution in [3.63, 3.8) is 0 Å². The Hall–Kier alpha value is -3.26. The first-order valence-corrected chi connectivity index (χ1v) is 18.6. The Kier molecular flexibility index (Phi) is 22.9. The van der Waals surface area contributed by atoms with Gasteiger partial charge in [-0.05, 0) is 177 Å². The minimum Gasteiger partial charge on any atom is -0.290 e. The Morgan fingerprint density at radius 3 is 1.02 bits per heavy atom. The van der Waals surface area contributed by atoms with E-state index in [0.717, 1.165) is 77.0 Å². The third-order valence-electron chi connectivity index (χ3n) is 8.98. The molecule has 1 aliphatic rings. The Labute approximate surface area is 296 Å². The fourth-order valence-electron chi connectivity index (χ4n) is 5.58. The molecule has 0 aliphatic heterocycles. The number of carbonyl (C=O) groups excluding carboxylic acids is 2. The molecule has 0 bridgehead atoms. The van der Waals surface area contributed by atoms with Crippen molar-refractivity contribution < 1.29 is 9.59 Å². The van der Waals surface area contributed by atoms with Crippen LogP contribution in [0.4, 0.5) is 0 Å². The van der Waals surface area contributed by atoms with E-state index in [9.17, 15) is 9.59 Å². The molecule has 2 nitrogen and oxygen atoms in total. The van der Waals surface area contributed by atoms with Gasteiger partial charge in [-0.3, -0.25) is 9.59 Å². The first-order valence-electron chi connectivity index (χ1n) is 18.6. The molecule has 0 aromatic carbocycles. The standard InChI is InChI=1S/C46H68O2/c1-36(2)17-10-18-37(3)19-11-20-38(4)21-12-22-39(5)23-13-24-40(6)25-14-26-41(7)27-15-28-42(8)29-16-30-43(9)31-32-44-35-45(47)33-34-46(44)48/h17,19,21,23,25,27,29,31,33-35H,10-16,18,20,22,24,26,28,30,32H2,1-9H3. The van der Waals surface area contributed by atoms with E-state index >= 15 is 0 Å². The second-order valence-corrected chi connectivity index (χ2v) is 14.4. The third-order valence-corrected chi connectivity index (χ3v) is 8.98. The van der Waals surface area contributed by atoms with Crippen LogP contribution in [0.25, 0.3) is 0 Å². The van der Waals surface area contributed by atoms with E-state index in [4.69, 9.17) is 0 Å². The highest BCUT2D eigenvalue weighted by molar-refractivity contribution is 6.17. The van der Waals surface area contributed by atoms with Crippen LogP contribution >= 0.6 is 0 Å². The van der Waals surface area contributed by atoms with Crippen LogP contribution in [0.5, 0.6) is 0 Å². The molecule has 0 atom stereocenters. The fraction of sp³-hybridized carbons (Fsp3) is 0.522. The molecule has 0 N–H and O–H groups in total. The number of carbonyl (C=O) groups is 2. The third kappa shape index (κ3) is 23.1. The Balaban J connectivity index is 2.24. The maximum Gasteiger partial charge on any atom is 0.182 e. The van der Waals surface area contributed by atoms with Crippen LogP contribution in [-0.4, -0.2) is 11.6 Å². The summed E-state index contributed by atoms with van der Waals surface area (Å²) in [6.07, 6.45) is 39.3. The molecule has 0 heterocycles. The van der Waals surface area contributed by atoms with Gasteiger partial charge in [-0.1, -0.05) is 93.2 Å². The second kappa shape index (κ2) is 25.7. The lowest BCUT2D eigenvalue weighted by Crippen LogP contribution is -2.06. The Morgan fingerprint density at radius 2 is 0.708 bits per heavy atom. The Bertz CT molecular complexity index is 1340. The smallest absolute Gasteiger partial charge is 0.182 e. The first-order chi connectivity index (χ1) is 22.8. The summed E-state index contributed by atoms with van der Waals surface area (Å²) in [5, 5.41) is 0. The highest BCUT2D eigenvalue weighted by atomic mass is 16.1. The number of allylic oxidation sites excluding steroid dienone is 20. The minimum absolute atomic E-state index is 0.0530. The fourth-order valence-corrected chi connectivity index (χ4v) is 5.58. The largest absolute Gasteiger partial charge is 0.290 e. The van der Waals surface area contributed by atoms with Crippen molar-refractivity contribution in [2.45, 2.75) is 159 Å². The van der Waals surface area contributed by atoms with E-state index in [1.807, 2.05) is 0 Å². The second-order valence-electron chi connectivity index (χ2n) is 14.4. The summed E-state index contributed by atoms with van der Waals surface area (Å²) in [6.45, 7) is 20.1. The van der Waals surface area contributed by atoms with Crippen molar-refractivity contribution in [2.24, 2.45) is 0 Å². The molecule has 1 aliphatic carbocycles. The molecule has 0 amide bonds. The van der Waals surface area contributed by atoms with Crippen molar-refractivity contribution in [1.29, 1.82) is 0 Å². The zero-order chi connectivity index (χ0) is 35.7. The first kappa shape index (κ1) is 42.8. The summed E-state index contributed by atoms with van der Waals surface area (Å²) in [5.74, 6) is -0.151. The van der Waals surface area contributed by atoms with Crippen LogP contribution in [0.1, 0.15) is 159 Å². The van der Waals surface area contributed by atoms with Crippen molar-refractivity contribution in [2.75, 3.05) is 0 Å². The average Bonchev–Trinajstić information content (AvgIpc) is 3.01. The lowest BCUT2D eigenvalue weighted by Gasteiger charge is -2.05. The molecule has 0 aromatic heterocycles. The van der Waals surface area contributed by atoms with Crippen LogP contribution in [0, 0.1) is 0 Å². The lowest BCUT2D eigenvalue weighted by molar-refractivity contribution is -0.114. The summed E-state index contributed by atoms with van der Waals surface area (Å²) in [6, 6.07) is 0. The molecule has 264 valence electrons. The molecular weight excluding hydrogens is 585 g/mol. The minimum atomic E-state index is -0.0976. The van der Waals surface area contributed by atoms with Gasteiger partial charge in [-0.15, -0.1) is 0 Å². The van der Waals surface area contributed by atoms with Crippen LogP contribution in [0.3, 0.4) is 0 Å². The zero-order valence-electron chi connectivity index (χ0n) is 32.3. The van der Waals surface area contributed by atoms with Crippen LogP contribution in [-0.2, 0) is 9.59 Å². The van der Waals surface area contributed by atoms with Gasteiger partial charge in [0.1, 0.15) is 0 Å². The van der Waals surface area contributed by atoms with Gasteiger partial charge < -0.3 is 0 Å². The van der Waals surface area contributed by atoms with Crippen molar-refractivity contribution in [3.05, 3.63) is 117 Å². The average molecular weight is 653 g/mol. The topological polar surface area (TPSA) is 34.1 Å². The molecule has 2 heteroatoms. The number of hydrogen-bond donors (Lipinski definition) is 0. The molecule has 0 aromatic rings. The van der Waals surface area contributed by atoms with Gasteiger partial charge >= 0.3 is 0 Å². The molecule has 0 fully saturated rings. The van der Waals surface area contributed by atoms with Crippen molar-refractivity contribution in [3.8, 4) is 0 Å². The summed E-state index contributed by atoms with van der Waals surface area (Å²) < 4.78 is 0. The van der Waals surface area contributed by atoms with E-state index in [1.54, 1.807) is 0 Å². The van der Waals surface area contributed by atoms with Crippen molar-refractivity contribution >= 4 is 11.6 Å². The van der Waals surface area contributed by atoms with Gasteiger partial charge in [-0.2, -0.15) is 0 Å². The highest BCUT2D eigenvalue weighted by Gasteiger charge is 2.11. The summed E-state index contributed by atoms with van der Waals surface area (Å²) in [5.41, 5.74) is 12.2. The molecular formula is C46H68O2. The Morgan fingerprint density at radius 1 is 0.417 bits per heavy atom. The van der Waals surface area contributed by atoms with Gasteiger partial charge in [0.25, 0.3) is 0 Å². The van der Waals surface area contributed by atoms with E-state index in [1.165, 1.54) is 75.7 Å². The monoisotopic (exact) mass is 653 g/mol. The summed E-state index contributed by atoms with van der Waals surface area (Å²) in [7, 11) is 0. The lowest BCUT2D eigenvalue weighted by atomic mass is 9.98. The highest BCUT2D eigenvalue weighted by Crippen LogP contribution is 2.18. The van der Waals surface area contributed by atoms with Crippen LogP contribution in [0.2, 0.25) is 0 Å². The normalized spacial score (nSPS) is 15.8. The molecule has 0 spiro atoms. The maximum absolute atomic E-state index is 11.9. The quantitative estimate of drug-likeness (QED) is 0.0813. The van der Waals surface area contributed by atoms with Gasteiger partial charge in [0, 0.05) is 5.57 Å². The van der Waals surface area contributed by atoms with E-state index in [0.29, 0.717) is 12.0 Å². The van der Waals surface area contributed by atoms with Crippen LogP contribution in [0.15, 0.2) is 117 Å². The summed E-state index contributed by atoms with van der Waals surface area (Å²) >= 11 is 0. The maximum atomic E-state index is 11.9. The van der Waals surface area contributed by atoms with Crippen LogP contribution < -0.4 is 0 Å². The molecule has 0 unspecified atom stereocenters. The van der Waals surface area contributed by atoms with Crippen molar-refractivity contribution in [1.82, 2.24) is 0 Å².